The predicted octanol–water partition coefficient (Wildman–Crippen LogP) is 2.54. The van der Waals surface area contributed by atoms with Crippen molar-refractivity contribution in [1.29, 1.82) is 0 Å². The molecule has 0 fully saturated rings. The van der Waals surface area contributed by atoms with Crippen molar-refractivity contribution < 1.29 is 14.3 Å². The van der Waals surface area contributed by atoms with E-state index in [-0.39, 0.29) is 12.7 Å². The van der Waals surface area contributed by atoms with Crippen LogP contribution in [0.25, 0.3) is 0 Å². The molecule has 2 aliphatic rings. The quantitative estimate of drug-likeness (QED) is 0.854. The van der Waals surface area contributed by atoms with Crippen LogP contribution in [0.1, 0.15) is 16.7 Å². The first kappa shape index (κ1) is 13.2. The zero-order valence-electron chi connectivity index (χ0n) is 12.2. The number of para-hydroxylation sites is 1. The maximum atomic E-state index is 12.6. The molecule has 2 aromatic rings. The summed E-state index contributed by atoms with van der Waals surface area (Å²) in [4.78, 5) is 14.5. The largest absolute Gasteiger partial charge is 0.454 e. The van der Waals surface area contributed by atoms with Crippen LogP contribution < -0.4 is 9.47 Å². The Balaban J connectivity index is 1.51. The van der Waals surface area contributed by atoms with Crippen molar-refractivity contribution in [3.8, 4) is 11.5 Å². The molecule has 112 valence electrons. The summed E-state index contributed by atoms with van der Waals surface area (Å²) in [6.07, 6.45) is 1.28. The number of amides is 1. The van der Waals surface area contributed by atoms with Gasteiger partial charge in [0.25, 0.3) is 0 Å². The molecule has 0 atom stereocenters. The third kappa shape index (κ3) is 2.30. The first-order chi connectivity index (χ1) is 10.8. The molecule has 2 heterocycles. The molecule has 0 N–H and O–H groups in total. The van der Waals surface area contributed by atoms with Gasteiger partial charge in [-0.2, -0.15) is 0 Å². The van der Waals surface area contributed by atoms with Crippen LogP contribution in [0.5, 0.6) is 11.5 Å². The van der Waals surface area contributed by atoms with Crippen molar-refractivity contribution in [1.82, 2.24) is 4.90 Å². The molecule has 2 aliphatic heterocycles. The summed E-state index contributed by atoms with van der Waals surface area (Å²) in [7, 11) is 0. The SMILES string of the molecule is O=C(Cc1cccc2c1OCO2)N1CCc2ccccc2C1. The summed E-state index contributed by atoms with van der Waals surface area (Å²) >= 11 is 0. The lowest BCUT2D eigenvalue weighted by atomic mass is 9.99. The zero-order chi connectivity index (χ0) is 14.9. The minimum absolute atomic E-state index is 0.137. The molecule has 0 unspecified atom stereocenters. The molecule has 0 saturated carbocycles. The Bertz CT molecular complexity index is 726. The van der Waals surface area contributed by atoms with E-state index in [0.717, 1.165) is 24.3 Å². The van der Waals surface area contributed by atoms with Gasteiger partial charge in [-0.15, -0.1) is 0 Å². The van der Waals surface area contributed by atoms with Crippen LogP contribution >= 0.6 is 0 Å². The molecule has 4 heteroatoms. The highest BCUT2D eigenvalue weighted by Gasteiger charge is 2.24. The van der Waals surface area contributed by atoms with Crippen molar-refractivity contribution in [3.63, 3.8) is 0 Å². The summed E-state index contributed by atoms with van der Waals surface area (Å²) in [5, 5.41) is 0. The van der Waals surface area contributed by atoms with Crippen molar-refractivity contribution in [2.75, 3.05) is 13.3 Å². The number of nitrogens with zero attached hydrogens (tertiary/aromatic N) is 1. The second kappa shape index (κ2) is 5.37. The summed E-state index contributed by atoms with van der Waals surface area (Å²) < 4.78 is 10.8. The van der Waals surface area contributed by atoms with Crippen molar-refractivity contribution in [3.05, 3.63) is 59.2 Å². The fraction of sp³-hybridized carbons (Fsp3) is 0.278. The van der Waals surface area contributed by atoms with Crippen LogP contribution in [-0.2, 0) is 24.2 Å². The summed E-state index contributed by atoms with van der Waals surface area (Å²) in [5.74, 6) is 1.58. The lowest BCUT2D eigenvalue weighted by molar-refractivity contribution is -0.131. The van der Waals surface area contributed by atoms with Gasteiger partial charge in [-0.1, -0.05) is 36.4 Å². The Morgan fingerprint density at radius 3 is 2.82 bits per heavy atom. The van der Waals surface area contributed by atoms with E-state index in [4.69, 9.17) is 9.47 Å². The number of carbonyl (C=O) groups excluding carboxylic acids is 1. The lowest BCUT2D eigenvalue weighted by Crippen LogP contribution is -2.36. The molecule has 4 nitrogen and oxygen atoms in total. The van der Waals surface area contributed by atoms with E-state index in [9.17, 15) is 4.79 Å². The van der Waals surface area contributed by atoms with Gasteiger partial charge in [-0.25, -0.2) is 0 Å². The number of fused-ring (bicyclic) bond motifs is 2. The third-order valence-electron chi connectivity index (χ3n) is 4.30. The van der Waals surface area contributed by atoms with E-state index in [1.807, 2.05) is 29.2 Å². The highest BCUT2D eigenvalue weighted by Crippen LogP contribution is 2.35. The van der Waals surface area contributed by atoms with Crippen molar-refractivity contribution in [2.24, 2.45) is 0 Å². The van der Waals surface area contributed by atoms with Crippen molar-refractivity contribution in [2.45, 2.75) is 19.4 Å². The van der Waals surface area contributed by atoms with Gasteiger partial charge in [0.2, 0.25) is 12.7 Å². The molecule has 0 saturated heterocycles. The average Bonchev–Trinajstić information content (AvgIpc) is 3.04. The Labute approximate surface area is 129 Å². The van der Waals surface area contributed by atoms with E-state index in [0.29, 0.717) is 18.7 Å². The van der Waals surface area contributed by atoms with E-state index < -0.39 is 0 Å². The van der Waals surface area contributed by atoms with Crippen LogP contribution in [-0.4, -0.2) is 24.1 Å². The smallest absolute Gasteiger partial charge is 0.231 e. The van der Waals surface area contributed by atoms with Crippen LogP contribution in [0, 0.1) is 0 Å². The Kier molecular flexibility index (Phi) is 3.22. The summed E-state index contributed by atoms with van der Waals surface area (Å²) in [5.41, 5.74) is 3.50. The molecule has 0 radical (unpaired) electrons. The van der Waals surface area contributed by atoms with Crippen molar-refractivity contribution >= 4 is 5.91 Å². The molecule has 0 aromatic heterocycles. The number of benzene rings is 2. The van der Waals surface area contributed by atoms with Gasteiger partial charge >= 0.3 is 0 Å². The van der Waals surface area contributed by atoms with Gasteiger partial charge in [0, 0.05) is 18.7 Å². The van der Waals surface area contributed by atoms with E-state index >= 15 is 0 Å². The number of rotatable bonds is 2. The first-order valence-corrected chi connectivity index (χ1v) is 7.53. The van der Waals surface area contributed by atoms with Crippen LogP contribution in [0.4, 0.5) is 0 Å². The van der Waals surface area contributed by atoms with Gasteiger partial charge in [-0.05, 0) is 23.6 Å². The lowest BCUT2D eigenvalue weighted by Gasteiger charge is -2.29. The molecular formula is C18H17NO3. The first-order valence-electron chi connectivity index (χ1n) is 7.53. The van der Waals surface area contributed by atoms with E-state index in [2.05, 4.69) is 18.2 Å². The Morgan fingerprint density at radius 1 is 1.05 bits per heavy atom. The van der Waals surface area contributed by atoms with Crippen LogP contribution in [0.3, 0.4) is 0 Å². The van der Waals surface area contributed by atoms with Crippen LogP contribution in [0.2, 0.25) is 0 Å². The highest BCUT2D eigenvalue weighted by molar-refractivity contribution is 5.80. The molecule has 0 spiro atoms. The minimum Gasteiger partial charge on any atom is -0.454 e. The summed E-state index contributed by atoms with van der Waals surface area (Å²) in [6, 6.07) is 14.0. The normalized spacial score (nSPS) is 15.5. The Hall–Kier alpha value is -2.49. The second-order valence-electron chi connectivity index (χ2n) is 5.66. The average molecular weight is 295 g/mol. The molecule has 2 aromatic carbocycles. The van der Waals surface area contributed by atoms with Gasteiger partial charge in [0.15, 0.2) is 11.5 Å². The van der Waals surface area contributed by atoms with Gasteiger partial charge in [-0.3, -0.25) is 4.79 Å². The number of hydrogen-bond donors (Lipinski definition) is 0. The topological polar surface area (TPSA) is 38.8 Å². The zero-order valence-corrected chi connectivity index (χ0v) is 12.2. The van der Waals surface area contributed by atoms with E-state index in [1.165, 1.54) is 11.1 Å². The second-order valence-corrected chi connectivity index (χ2v) is 5.66. The molecular weight excluding hydrogens is 278 g/mol. The maximum absolute atomic E-state index is 12.6. The molecule has 0 bridgehead atoms. The third-order valence-corrected chi connectivity index (χ3v) is 4.30. The van der Waals surface area contributed by atoms with E-state index in [1.54, 1.807) is 0 Å². The monoisotopic (exact) mass is 295 g/mol. The Morgan fingerprint density at radius 2 is 1.91 bits per heavy atom. The number of carbonyl (C=O) groups is 1. The van der Waals surface area contributed by atoms with Gasteiger partial charge < -0.3 is 14.4 Å². The molecule has 0 aliphatic carbocycles. The maximum Gasteiger partial charge on any atom is 0.231 e. The number of hydrogen-bond acceptors (Lipinski definition) is 3. The molecule has 4 rings (SSSR count). The number of ether oxygens (including phenoxy) is 2. The minimum atomic E-state index is 0.137. The molecule has 22 heavy (non-hydrogen) atoms. The predicted molar refractivity (Wildman–Crippen MR) is 81.8 cm³/mol. The van der Waals surface area contributed by atoms with Gasteiger partial charge in [0.1, 0.15) is 0 Å². The fourth-order valence-electron chi connectivity index (χ4n) is 3.11. The molecule has 1 amide bonds. The standard InChI is InChI=1S/C18H17NO3/c20-17(10-14-6-3-7-16-18(14)22-12-21-16)19-9-8-13-4-1-2-5-15(13)11-19/h1-7H,8-12H2. The van der Waals surface area contributed by atoms with Gasteiger partial charge in [0.05, 0.1) is 6.42 Å². The van der Waals surface area contributed by atoms with Crippen LogP contribution in [0.15, 0.2) is 42.5 Å². The fourth-order valence-corrected chi connectivity index (χ4v) is 3.11. The highest BCUT2D eigenvalue weighted by atomic mass is 16.7. The summed E-state index contributed by atoms with van der Waals surface area (Å²) in [6.45, 7) is 1.71.